The van der Waals surface area contributed by atoms with Gasteiger partial charge >= 0.3 is 0 Å². The smallest absolute Gasteiger partial charge is 0.120 e. The number of hydrogen-bond acceptors (Lipinski definition) is 2. The minimum atomic E-state index is 0.276. The quantitative estimate of drug-likeness (QED) is 0.817. The van der Waals surface area contributed by atoms with E-state index in [0.29, 0.717) is 6.61 Å². The Morgan fingerprint density at radius 2 is 2.06 bits per heavy atom. The van der Waals surface area contributed by atoms with E-state index in [1.165, 1.54) is 16.3 Å². The normalized spacial score (nSPS) is 19.3. The van der Waals surface area contributed by atoms with Crippen LogP contribution in [0.2, 0.25) is 0 Å². The van der Waals surface area contributed by atoms with Crippen molar-refractivity contribution < 1.29 is 9.47 Å². The third kappa shape index (κ3) is 2.49. The summed E-state index contributed by atoms with van der Waals surface area (Å²) in [7, 11) is 0. The summed E-state index contributed by atoms with van der Waals surface area (Å²) in [6, 6.07) is 12.7. The lowest BCUT2D eigenvalue weighted by atomic mass is 10.1. The van der Waals surface area contributed by atoms with Crippen molar-refractivity contribution in [3.63, 3.8) is 0 Å². The molecule has 1 atom stereocenters. The molecule has 2 nitrogen and oxygen atoms in total. The summed E-state index contributed by atoms with van der Waals surface area (Å²) in [5.74, 6) is 0.934. The van der Waals surface area contributed by atoms with E-state index in [1.807, 2.05) is 6.07 Å². The highest BCUT2D eigenvalue weighted by molar-refractivity contribution is 5.84. The number of rotatable bonds is 3. The molecule has 1 aliphatic heterocycles. The van der Waals surface area contributed by atoms with Gasteiger partial charge in [0.2, 0.25) is 0 Å². The Kier molecular flexibility index (Phi) is 3.20. The Bertz CT molecular complexity index is 542. The number of benzene rings is 2. The van der Waals surface area contributed by atoms with Crippen molar-refractivity contribution in [1.82, 2.24) is 0 Å². The Balaban J connectivity index is 1.75. The van der Waals surface area contributed by atoms with Gasteiger partial charge in [-0.1, -0.05) is 29.8 Å². The van der Waals surface area contributed by atoms with Gasteiger partial charge in [-0.15, -0.1) is 0 Å². The maximum atomic E-state index is 5.81. The van der Waals surface area contributed by atoms with Gasteiger partial charge in [-0.05, 0) is 42.7 Å². The molecule has 2 heteroatoms. The van der Waals surface area contributed by atoms with Gasteiger partial charge in [-0.3, -0.25) is 0 Å². The predicted octanol–water partition coefficient (Wildman–Crippen LogP) is 3.71. The van der Waals surface area contributed by atoms with Crippen molar-refractivity contribution in [2.75, 3.05) is 13.2 Å². The number of ether oxygens (including phenoxy) is 2. The fourth-order valence-electron chi connectivity index (χ4n) is 2.40. The average molecular weight is 242 g/mol. The molecule has 0 radical (unpaired) electrons. The van der Waals surface area contributed by atoms with Crippen LogP contribution in [0, 0.1) is 6.92 Å². The number of hydrogen-bond donors (Lipinski definition) is 0. The van der Waals surface area contributed by atoms with Gasteiger partial charge in [0.1, 0.15) is 12.4 Å². The first kappa shape index (κ1) is 11.5. The molecule has 94 valence electrons. The molecule has 0 aliphatic carbocycles. The first-order valence-corrected chi connectivity index (χ1v) is 6.56. The molecule has 18 heavy (non-hydrogen) atoms. The largest absolute Gasteiger partial charge is 0.491 e. The second kappa shape index (κ2) is 4.99. The van der Waals surface area contributed by atoms with Crippen LogP contribution in [0.1, 0.15) is 18.4 Å². The third-order valence-corrected chi connectivity index (χ3v) is 3.43. The van der Waals surface area contributed by atoms with Crippen LogP contribution in [0.15, 0.2) is 36.4 Å². The van der Waals surface area contributed by atoms with Gasteiger partial charge in [0.15, 0.2) is 0 Å². The average Bonchev–Trinajstić information content (AvgIpc) is 2.89. The van der Waals surface area contributed by atoms with E-state index in [0.717, 1.165) is 25.2 Å². The zero-order chi connectivity index (χ0) is 12.4. The van der Waals surface area contributed by atoms with Crippen molar-refractivity contribution in [3.05, 3.63) is 42.0 Å². The van der Waals surface area contributed by atoms with Gasteiger partial charge in [-0.25, -0.2) is 0 Å². The van der Waals surface area contributed by atoms with Crippen LogP contribution in [-0.2, 0) is 4.74 Å². The van der Waals surface area contributed by atoms with Crippen molar-refractivity contribution in [2.45, 2.75) is 25.9 Å². The summed E-state index contributed by atoms with van der Waals surface area (Å²) >= 11 is 0. The minimum absolute atomic E-state index is 0.276. The van der Waals surface area contributed by atoms with Crippen LogP contribution in [0.25, 0.3) is 10.8 Å². The summed E-state index contributed by atoms with van der Waals surface area (Å²) in [6.45, 7) is 3.65. The fourth-order valence-corrected chi connectivity index (χ4v) is 2.40. The summed E-state index contributed by atoms with van der Waals surface area (Å²) < 4.78 is 11.4. The SMILES string of the molecule is Cc1ccc2ccc(OCC3CCCO3)cc2c1. The van der Waals surface area contributed by atoms with Crippen LogP contribution in [0.3, 0.4) is 0 Å². The molecule has 1 saturated heterocycles. The number of fused-ring (bicyclic) bond motifs is 1. The van der Waals surface area contributed by atoms with Crippen molar-refractivity contribution in [3.8, 4) is 5.75 Å². The monoisotopic (exact) mass is 242 g/mol. The first-order chi connectivity index (χ1) is 8.81. The number of aryl methyl sites for hydroxylation is 1. The molecule has 0 amide bonds. The zero-order valence-electron chi connectivity index (χ0n) is 10.7. The molecule has 1 aliphatic rings. The maximum absolute atomic E-state index is 5.81. The summed E-state index contributed by atoms with van der Waals surface area (Å²) in [6.07, 6.45) is 2.55. The predicted molar refractivity (Wildman–Crippen MR) is 73.2 cm³/mol. The summed E-state index contributed by atoms with van der Waals surface area (Å²) in [5.41, 5.74) is 1.28. The van der Waals surface area contributed by atoms with E-state index < -0.39 is 0 Å². The molecule has 2 aromatic carbocycles. The molecule has 2 aromatic rings. The van der Waals surface area contributed by atoms with E-state index in [4.69, 9.17) is 9.47 Å². The molecule has 0 N–H and O–H groups in total. The molecule has 0 spiro atoms. The van der Waals surface area contributed by atoms with Crippen molar-refractivity contribution in [2.24, 2.45) is 0 Å². The van der Waals surface area contributed by atoms with Gasteiger partial charge in [0.25, 0.3) is 0 Å². The van der Waals surface area contributed by atoms with Gasteiger partial charge < -0.3 is 9.47 Å². The molecule has 1 heterocycles. The van der Waals surface area contributed by atoms with Gasteiger partial charge in [-0.2, -0.15) is 0 Å². The summed E-state index contributed by atoms with van der Waals surface area (Å²) in [5, 5.41) is 2.49. The Hall–Kier alpha value is -1.54. The topological polar surface area (TPSA) is 18.5 Å². The van der Waals surface area contributed by atoms with Crippen LogP contribution in [0.5, 0.6) is 5.75 Å². The Morgan fingerprint density at radius 3 is 2.89 bits per heavy atom. The standard InChI is InChI=1S/C16H18O2/c1-12-4-5-13-6-7-15(10-14(13)9-12)18-11-16-3-2-8-17-16/h4-7,9-10,16H,2-3,8,11H2,1H3. The van der Waals surface area contributed by atoms with E-state index in [1.54, 1.807) is 0 Å². The van der Waals surface area contributed by atoms with Crippen LogP contribution in [0.4, 0.5) is 0 Å². The molecule has 0 bridgehead atoms. The van der Waals surface area contributed by atoms with Gasteiger partial charge in [0, 0.05) is 6.61 Å². The van der Waals surface area contributed by atoms with Gasteiger partial charge in [0.05, 0.1) is 6.10 Å². The first-order valence-electron chi connectivity index (χ1n) is 6.56. The van der Waals surface area contributed by atoms with Crippen LogP contribution < -0.4 is 4.74 Å². The molecular weight excluding hydrogens is 224 g/mol. The van der Waals surface area contributed by atoms with Crippen LogP contribution in [-0.4, -0.2) is 19.3 Å². The van der Waals surface area contributed by atoms with Crippen LogP contribution >= 0.6 is 0 Å². The van der Waals surface area contributed by atoms with E-state index in [-0.39, 0.29) is 6.10 Å². The fraction of sp³-hybridized carbons (Fsp3) is 0.375. The van der Waals surface area contributed by atoms with E-state index in [2.05, 4.69) is 37.3 Å². The molecule has 1 fully saturated rings. The molecule has 0 aromatic heterocycles. The molecular formula is C16H18O2. The summed E-state index contributed by atoms with van der Waals surface area (Å²) in [4.78, 5) is 0. The molecule has 1 unspecified atom stereocenters. The lowest BCUT2D eigenvalue weighted by Crippen LogP contribution is -2.16. The highest BCUT2D eigenvalue weighted by atomic mass is 16.5. The lowest BCUT2D eigenvalue weighted by molar-refractivity contribution is 0.0680. The Labute approximate surface area is 108 Å². The second-order valence-corrected chi connectivity index (χ2v) is 4.96. The maximum Gasteiger partial charge on any atom is 0.120 e. The van der Waals surface area contributed by atoms with Crippen molar-refractivity contribution >= 4 is 10.8 Å². The zero-order valence-corrected chi connectivity index (χ0v) is 10.7. The van der Waals surface area contributed by atoms with E-state index >= 15 is 0 Å². The van der Waals surface area contributed by atoms with Crippen molar-refractivity contribution in [1.29, 1.82) is 0 Å². The lowest BCUT2D eigenvalue weighted by Gasteiger charge is -2.12. The highest BCUT2D eigenvalue weighted by Gasteiger charge is 2.15. The third-order valence-electron chi connectivity index (χ3n) is 3.43. The Morgan fingerprint density at radius 1 is 1.17 bits per heavy atom. The second-order valence-electron chi connectivity index (χ2n) is 4.96. The minimum Gasteiger partial charge on any atom is -0.491 e. The molecule has 3 rings (SSSR count). The highest BCUT2D eigenvalue weighted by Crippen LogP contribution is 2.23. The van der Waals surface area contributed by atoms with E-state index in [9.17, 15) is 0 Å². The molecule has 0 saturated carbocycles.